The highest BCUT2D eigenvalue weighted by molar-refractivity contribution is 7.91. The fourth-order valence-electron chi connectivity index (χ4n) is 1.93. The van der Waals surface area contributed by atoms with Gasteiger partial charge < -0.3 is 5.73 Å². The highest BCUT2D eigenvalue weighted by atomic mass is 32.2. The van der Waals surface area contributed by atoms with Crippen LogP contribution in [-0.4, -0.2) is 14.2 Å². The maximum atomic E-state index is 13.3. The predicted octanol–water partition coefficient (Wildman–Crippen LogP) is 2.81. The molecule has 106 valence electrons. The molecule has 2 aromatic carbocycles. The number of halogens is 1. The Kier molecular flexibility index (Phi) is 4.39. The lowest BCUT2D eigenvalue weighted by molar-refractivity contribution is 0.589. The lowest BCUT2D eigenvalue weighted by Crippen LogP contribution is -2.08. The molecule has 0 heterocycles. The van der Waals surface area contributed by atoms with Crippen molar-refractivity contribution < 1.29 is 12.8 Å². The Labute approximate surface area is 118 Å². The van der Waals surface area contributed by atoms with Crippen molar-refractivity contribution >= 4 is 15.5 Å². The standard InChI is InChI=1S/C15H16FNO2S/c16-14-11-13(8-9-15(14)17)20(18,19)10-4-7-12-5-2-1-3-6-12/h1-3,5-6,8-9,11H,4,7,10,17H2. The quantitative estimate of drug-likeness (QED) is 0.862. The SMILES string of the molecule is Nc1ccc(S(=O)(=O)CCCc2ccccc2)cc1F. The van der Waals surface area contributed by atoms with Crippen LogP contribution in [0.3, 0.4) is 0 Å². The number of sulfone groups is 1. The van der Waals surface area contributed by atoms with Crippen molar-refractivity contribution in [2.24, 2.45) is 0 Å². The number of nitrogen functional groups attached to an aromatic ring is 1. The highest BCUT2D eigenvalue weighted by Crippen LogP contribution is 2.18. The molecule has 2 N–H and O–H groups in total. The molecule has 0 saturated heterocycles. The van der Waals surface area contributed by atoms with Crippen molar-refractivity contribution in [3.05, 3.63) is 59.9 Å². The Bertz CT molecular complexity index is 684. The van der Waals surface area contributed by atoms with Gasteiger partial charge in [0, 0.05) is 0 Å². The van der Waals surface area contributed by atoms with E-state index < -0.39 is 15.7 Å². The summed E-state index contributed by atoms with van der Waals surface area (Å²) >= 11 is 0. The van der Waals surface area contributed by atoms with Crippen molar-refractivity contribution in [1.29, 1.82) is 0 Å². The van der Waals surface area contributed by atoms with Gasteiger partial charge in [-0.15, -0.1) is 0 Å². The van der Waals surface area contributed by atoms with E-state index in [1.165, 1.54) is 12.1 Å². The largest absolute Gasteiger partial charge is 0.396 e. The molecule has 0 aromatic heterocycles. The van der Waals surface area contributed by atoms with Crippen LogP contribution in [0.25, 0.3) is 0 Å². The van der Waals surface area contributed by atoms with Crippen molar-refractivity contribution in [2.45, 2.75) is 17.7 Å². The number of hydrogen-bond acceptors (Lipinski definition) is 3. The summed E-state index contributed by atoms with van der Waals surface area (Å²) in [5.41, 5.74) is 6.38. The molecule has 3 nitrogen and oxygen atoms in total. The van der Waals surface area contributed by atoms with Crippen molar-refractivity contribution in [2.75, 3.05) is 11.5 Å². The normalized spacial score (nSPS) is 11.4. The molecule has 2 aromatic rings. The molecule has 20 heavy (non-hydrogen) atoms. The summed E-state index contributed by atoms with van der Waals surface area (Å²) < 4.78 is 37.5. The maximum absolute atomic E-state index is 13.3. The number of benzene rings is 2. The zero-order valence-corrected chi connectivity index (χ0v) is 11.7. The number of rotatable bonds is 5. The van der Waals surface area contributed by atoms with E-state index >= 15 is 0 Å². The lowest BCUT2D eigenvalue weighted by atomic mass is 10.1. The topological polar surface area (TPSA) is 60.2 Å². The van der Waals surface area contributed by atoms with Crippen molar-refractivity contribution in [3.8, 4) is 0 Å². The lowest BCUT2D eigenvalue weighted by Gasteiger charge is -2.06. The van der Waals surface area contributed by atoms with Gasteiger partial charge in [-0.1, -0.05) is 30.3 Å². The van der Waals surface area contributed by atoms with E-state index in [9.17, 15) is 12.8 Å². The smallest absolute Gasteiger partial charge is 0.178 e. The number of hydrogen-bond donors (Lipinski definition) is 1. The third-order valence-corrected chi connectivity index (χ3v) is 4.85. The van der Waals surface area contributed by atoms with E-state index in [4.69, 9.17) is 5.73 Å². The number of anilines is 1. The van der Waals surface area contributed by atoms with E-state index in [0.717, 1.165) is 11.6 Å². The minimum absolute atomic E-state index is 0.00868. The van der Waals surface area contributed by atoms with Gasteiger partial charge in [0.25, 0.3) is 0 Å². The Morgan fingerprint density at radius 3 is 2.40 bits per heavy atom. The molecule has 0 saturated carbocycles. The van der Waals surface area contributed by atoms with E-state index in [1.807, 2.05) is 30.3 Å². The Morgan fingerprint density at radius 1 is 1.05 bits per heavy atom. The second kappa shape index (κ2) is 6.05. The van der Waals surface area contributed by atoms with Gasteiger partial charge >= 0.3 is 0 Å². The summed E-state index contributed by atoms with van der Waals surface area (Å²) in [4.78, 5) is -0.0164. The van der Waals surface area contributed by atoms with Crippen LogP contribution < -0.4 is 5.73 Å². The van der Waals surface area contributed by atoms with Crippen LogP contribution in [0.5, 0.6) is 0 Å². The summed E-state index contributed by atoms with van der Waals surface area (Å²) in [6.45, 7) is 0. The molecule has 0 bridgehead atoms. The summed E-state index contributed by atoms with van der Waals surface area (Å²) in [7, 11) is -3.47. The maximum Gasteiger partial charge on any atom is 0.178 e. The average Bonchev–Trinajstić information content (AvgIpc) is 2.43. The van der Waals surface area contributed by atoms with Gasteiger partial charge in [0.05, 0.1) is 16.3 Å². The molecule has 0 aliphatic heterocycles. The minimum atomic E-state index is -3.47. The Morgan fingerprint density at radius 2 is 1.75 bits per heavy atom. The average molecular weight is 293 g/mol. The van der Waals surface area contributed by atoms with Gasteiger partial charge in [-0.25, -0.2) is 12.8 Å². The third-order valence-electron chi connectivity index (χ3n) is 3.05. The molecular formula is C15H16FNO2S. The number of aryl methyl sites for hydroxylation is 1. The van der Waals surface area contributed by atoms with Crippen LogP contribution in [-0.2, 0) is 16.3 Å². The van der Waals surface area contributed by atoms with E-state index in [0.29, 0.717) is 12.8 Å². The molecule has 0 fully saturated rings. The van der Waals surface area contributed by atoms with E-state index in [1.54, 1.807) is 0 Å². The van der Waals surface area contributed by atoms with Gasteiger partial charge in [-0.05, 0) is 36.6 Å². The molecule has 0 aliphatic carbocycles. The second-order valence-electron chi connectivity index (χ2n) is 4.59. The number of nitrogens with two attached hydrogens (primary N) is 1. The molecule has 0 aliphatic rings. The summed E-state index contributed by atoms with van der Waals surface area (Å²) in [6, 6.07) is 13.3. The van der Waals surface area contributed by atoms with Crippen LogP contribution in [0.2, 0.25) is 0 Å². The Hall–Kier alpha value is -1.88. The first kappa shape index (κ1) is 14.5. The van der Waals surface area contributed by atoms with Gasteiger partial charge in [0.1, 0.15) is 5.82 Å². The minimum Gasteiger partial charge on any atom is -0.396 e. The first-order chi connectivity index (χ1) is 9.49. The summed E-state index contributed by atoms with van der Waals surface area (Å²) in [5, 5.41) is 0. The zero-order chi connectivity index (χ0) is 14.6. The van der Waals surface area contributed by atoms with Crippen LogP contribution in [0.15, 0.2) is 53.4 Å². The van der Waals surface area contributed by atoms with Crippen LogP contribution in [0, 0.1) is 5.82 Å². The second-order valence-corrected chi connectivity index (χ2v) is 6.70. The van der Waals surface area contributed by atoms with Gasteiger partial charge in [0.2, 0.25) is 0 Å². The highest BCUT2D eigenvalue weighted by Gasteiger charge is 2.15. The summed E-state index contributed by atoms with van der Waals surface area (Å²) in [5.74, 6) is -0.709. The van der Waals surface area contributed by atoms with Gasteiger partial charge in [-0.2, -0.15) is 0 Å². The molecule has 0 unspecified atom stereocenters. The molecular weight excluding hydrogens is 277 g/mol. The molecule has 0 atom stereocenters. The molecule has 0 radical (unpaired) electrons. The third kappa shape index (κ3) is 3.57. The van der Waals surface area contributed by atoms with E-state index in [-0.39, 0.29) is 16.3 Å². The van der Waals surface area contributed by atoms with Crippen LogP contribution >= 0.6 is 0 Å². The Balaban J connectivity index is 2.02. The van der Waals surface area contributed by atoms with Gasteiger partial charge in [0.15, 0.2) is 9.84 Å². The van der Waals surface area contributed by atoms with Crippen LogP contribution in [0.1, 0.15) is 12.0 Å². The van der Waals surface area contributed by atoms with Gasteiger partial charge in [-0.3, -0.25) is 0 Å². The van der Waals surface area contributed by atoms with Crippen molar-refractivity contribution in [3.63, 3.8) is 0 Å². The predicted molar refractivity (Wildman–Crippen MR) is 77.6 cm³/mol. The molecule has 0 amide bonds. The fraction of sp³-hybridized carbons (Fsp3) is 0.200. The first-order valence-corrected chi connectivity index (χ1v) is 7.96. The first-order valence-electron chi connectivity index (χ1n) is 6.31. The zero-order valence-electron chi connectivity index (χ0n) is 10.9. The van der Waals surface area contributed by atoms with E-state index in [2.05, 4.69) is 0 Å². The monoisotopic (exact) mass is 293 g/mol. The summed E-state index contributed by atoms with van der Waals surface area (Å²) in [6.07, 6.45) is 1.18. The van der Waals surface area contributed by atoms with Crippen molar-refractivity contribution in [1.82, 2.24) is 0 Å². The fourth-order valence-corrected chi connectivity index (χ4v) is 3.25. The van der Waals surface area contributed by atoms with Crippen LogP contribution in [0.4, 0.5) is 10.1 Å². The molecule has 0 spiro atoms. The molecule has 5 heteroatoms. The molecule has 2 rings (SSSR count).